The average molecular weight is 998 g/mol. The SMILES string of the molecule is CC/C=C\C/C=C\C/C=C\C/C=C\C/C=C\C/C=C\CCC(=O)OCC(COC(=O)CCCCCCCC/C=C\C/C=C\C/C=C\CC)OC(=O)CCCCCCCCC/C=C\CCCCCCCCCC. The molecule has 1 unspecified atom stereocenters. The molecule has 72 heavy (non-hydrogen) atoms. The molecule has 0 aliphatic carbocycles. The molecule has 0 N–H and O–H groups in total. The van der Waals surface area contributed by atoms with Crippen LogP contribution in [0.15, 0.2) is 122 Å². The number of esters is 3. The van der Waals surface area contributed by atoms with Gasteiger partial charge in [0.25, 0.3) is 0 Å². The van der Waals surface area contributed by atoms with Gasteiger partial charge in [0.2, 0.25) is 0 Å². The van der Waals surface area contributed by atoms with Crippen LogP contribution in [-0.2, 0) is 28.6 Å². The minimum Gasteiger partial charge on any atom is -0.462 e. The number of unbranched alkanes of at least 4 members (excludes halogenated alkanes) is 21. The van der Waals surface area contributed by atoms with Gasteiger partial charge in [0.1, 0.15) is 13.2 Å². The summed E-state index contributed by atoms with van der Waals surface area (Å²) in [5.74, 6) is -1.02. The van der Waals surface area contributed by atoms with E-state index in [1.165, 1.54) is 103 Å². The van der Waals surface area contributed by atoms with Crippen molar-refractivity contribution in [1.82, 2.24) is 0 Å². The molecule has 0 spiro atoms. The van der Waals surface area contributed by atoms with Gasteiger partial charge in [-0.3, -0.25) is 14.4 Å². The van der Waals surface area contributed by atoms with Crippen LogP contribution in [0.2, 0.25) is 0 Å². The van der Waals surface area contributed by atoms with Crippen molar-refractivity contribution in [3.8, 4) is 0 Å². The second kappa shape index (κ2) is 59.4. The van der Waals surface area contributed by atoms with Crippen LogP contribution < -0.4 is 0 Å². The van der Waals surface area contributed by atoms with Crippen LogP contribution in [0.5, 0.6) is 0 Å². The van der Waals surface area contributed by atoms with Crippen LogP contribution >= 0.6 is 0 Å². The Balaban J connectivity index is 4.53. The van der Waals surface area contributed by atoms with Gasteiger partial charge >= 0.3 is 17.9 Å². The van der Waals surface area contributed by atoms with E-state index in [0.717, 1.165) is 109 Å². The van der Waals surface area contributed by atoms with Gasteiger partial charge in [-0.15, -0.1) is 0 Å². The van der Waals surface area contributed by atoms with Crippen molar-refractivity contribution in [1.29, 1.82) is 0 Å². The van der Waals surface area contributed by atoms with E-state index in [2.05, 4.69) is 136 Å². The fourth-order valence-corrected chi connectivity index (χ4v) is 7.83. The summed E-state index contributed by atoms with van der Waals surface area (Å²) in [6.45, 7) is 6.34. The summed E-state index contributed by atoms with van der Waals surface area (Å²) in [4.78, 5) is 38.2. The number of carbonyl (C=O) groups is 3. The van der Waals surface area contributed by atoms with E-state index in [1.807, 2.05) is 6.08 Å². The van der Waals surface area contributed by atoms with E-state index in [4.69, 9.17) is 14.2 Å². The second-order valence-electron chi connectivity index (χ2n) is 19.1. The fourth-order valence-electron chi connectivity index (χ4n) is 7.83. The van der Waals surface area contributed by atoms with Gasteiger partial charge < -0.3 is 14.2 Å². The number of hydrogen-bond donors (Lipinski definition) is 0. The van der Waals surface area contributed by atoms with Crippen LogP contribution in [-0.4, -0.2) is 37.2 Å². The lowest BCUT2D eigenvalue weighted by atomic mass is 10.1. The summed E-state index contributed by atoms with van der Waals surface area (Å²) in [7, 11) is 0. The Morgan fingerprint density at radius 2 is 0.569 bits per heavy atom. The van der Waals surface area contributed by atoms with E-state index >= 15 is 0 Å². The molecule has 0 bridgehead atoms. The second-order valence-corrected chi connectivity index (χ2v) is 19.1. The molecule has 0 aromatic rings. The number of carbonyl (C=O) groups excluding carboxylic acids is 3. The van der Waals surface area contributed by atoms with Gasteiger partial charge in [0.05, 0.1) is 0 Å². The van der Waals surface area contributed by atoms with Crippen LogP contribution in [0.25, 0.3) is 0 Å². The summed E-state index contributed by atoms with van der Waals surface area (Å²) in [5.41, 5.74) is 0. The lowest BCUT2D eigenvalue weighted by Gasteiger charge is -2.18. The first-order valence-corrected chi connectivity index (χ1v) is 29.5. The molecule has 1 atom stereocenters. The van der Waals surface area contributed by atoms with Gasteiger partial charge in [-0.1, -0.05) is 245 Å². The first-order valence-electron chi connectivity index (χ1n) is 29.5. The minimum absolute atomic E-state index is 0.112. The zero-order valence-corrected chi connectivity index (χ0v) is 46.7. The molecule has 6 heteroatoms. The normalized spacial score (nSPS) is 13.0. The molecule has 0 saturated heterocycles. The predicted molar refractivity (Wildman–Crippen MR) is 311 cm³/mol. The highest BCUT2D eigenvalue weighted by Crippen LogP contribution is 2.14. The van der Waals surface area contributed by atoms with Crippen LogP contribution in [0.1, 0.15) is 258 Å². The molecule has 0 aromatic carbocycles. The molecule has 0 aliphatic rings. The average Bonchev–Trinajstić information content (AvgIpc) is 3.38. The summed E-state index contributed by atoms with van der Waals surface area (Å²) in [6.07, 6.45) is 82.0. The van der Waals surface area contributed by atoms with E-state index in [9.17, 15) is 14.4 Å². The third kappa shape index (κ3) is 56.7. The van der Waals surface area contributed by atoms with E-state index in [0.29, 0.717) is 19.3 Å². The molecule has 6 nitrogen and oxygen atoms in total. The lowest BCUT2D eigenvalue weighted by Crippen LogP contribution is -2.30. The van der Waals surface area contributed by atoms with Crippen molar-refractivity contribution < 1.29 is 28.6 Å². The Morgan fingerprint density at radius 1 is 0.292 bits per heavy atom. The van der Waals surface area contributed by atoms with Gasteiger partial charge in [-0.05, 0) is 116 Å². The fraction of sp³-hybridized carbons (Fsp3) is 0.652. The van der Waals surface area contributed by atoms with Crippen LogP contribution in [0.4, 0.5) is 0 Å². The van der Waals surface area contributed by atoms with E-state index in [1.54, 1.807) is 0 Å². The summed E-state index contributed by atoms with van der Waals surface area (Å²) >= 11 is 0. The molecule has 0 rings (SSSR count). The minimum atomic E-state index is -0.821. The standard InChI is InChI=1S/C66H108O6/c1-4-7-10-13-16-19-22-25-28-31-33-35-38-41-44-47-50-53-56-59-65(68)71-62-63(61-70-64(67)58-55-52-49-46-43-40-37-30-27-24-21-18-15-12-9-6-3)72-66(69)60-57-54-51-48-45-42-39-36-34-32-29-26-23-20-17-14-11-8-5-2/h7,9-10,12,16,18-19,21,25,27-28,30,32-35,41,44,50,53,63H,4-6,8,11,13-15,17,20,22-24,26,29,31,36-40,42-43,45-49,51-52,54-62H2,1-3H3/b10-7-,12-9-,19-16-,21-18-,28-25-,30-27-,34-32-,35-33-,44-41-,53-50-. The van der Waals surface area contributed by atoms with E-state index in [-0.39, 0.29) is 37.5 Å². The van der Waals surface area contributed by atoms with Gasteiger partial charge in [-0.25, -0.2) is 0 Å². The van der Waals surface area contributed by atoms with Gasteiger partial charge in [0, 0.05) is 19.3 Å². The predicted octanol–water partition coefficient (Wildman–Crippen LogP) is 20.0. The number of allylic oxidation sites excluding steroid dienone is 20. The number of hydrogen-bond acceptors (Lipinski definition) is 6. The smallest absolute Gasteiger partial charge is 0.306 e. The Hall–Kier alpha value is -4.19. The maximum Gasteiger partial charge on any atom is 0.306 e. The highest BCUT2D eigenvalue weighted by molar-refractivity contribution is 5.71. The highest BCUT2D eigenvalue weighted by Gasteiger charge is 2.19. The third-order valence-corrected chi connectivity index (χ3v) is 12.2. The monoisotopic (exact) mass is 997 g/mol. The van der Waals surface area contributed by atoms with Crippen molar-refractivity contribution in [2.75, 3.05) is 13.2 Å². The van der Waals surface area contributed by atoms with Gasteiger partial charge in [-0.2, -0.15) is 0 Å². The topological polar surface area (TPSA) is 78.9 Å². The molecule has 0 heterocycles. The van der Waals surface area contributed by atoms with Crippen molar-refractivity contribution in [2.45, 2.75) is 264 Å². The zero-order chi connectivity index (χ0) is 52.2. The molecular formula is C66H108O6. The molecule has 0 fully saturated rings. The number of ether oxygens (including phenoxy) is 3. The largest absolute Gasteiger partial charge is 0.462 e. The molecular weight excluding hydrogens is 889 g/mol. The summed E-state index contributed by atoms with van der Waals surface area (Å²) < 4.78 is 16.8. The number of rotatable bonds is 52. The maximum absolute atomic E-state index is 12.9. The quantitative estimate of drug-likeness (QED) is 0.0261. The Labute approximate surface area is 443 Å². The Kier molecular flexibility index (Phi) is 55.9. The molecule has 408 valence electrons. The third-order valence-electron chi connectivity index (χ3n) is 12.2. The zero-order valence-electron chi connectivity index (χ0n) is 46.7. The van der Waals surface area contributed by atoms with Crippen LogP contribution in [0.3, 0.4) is 0 Å². The Morgan fingerprint density at radius 3 is 0.944 bits per heavy atom. The molecule has 0 saturated carbocycles. The van der Waals surface area contributed by atoms with Gasteiger partial charge in [0.15, 0.2) is 6.10 Å². The summed E-state index contributed by atoms with van der Waals surface area (Å²) in [5, 5.41) is 0. The molecule has 0 aliphatic heterocycles. The first kappa shape index (κ1) is 67.8. The highest BCUT2D eigenvalue weighted by atomic mass is 16.6. The molecule has 0 aromatic heterocycles. The molecule has 0 amide bonds. The van der Waals surface area contributed by atoms with Crippen molar-refractivity contribution >= 4 is 17.9 Å². The van der Waals surface area contributed by atoms with E-state index < -0.39 is 6.10 Å². The lowest BCUT2D eigenvalue weighted by molar-refractivity contribution is -0.166. The first-order chi connectivity index (χ1) is 35.5. The maximum atomic E-state index is 12.9. The molecule has 0 radical (unpaired) electrons. The van der Waals surface area contributed by atoms with Crippen LogP contribution in [0, 0.1) is 0 Å². The van der Waals surface area contributed by atoms with Crippen molar-refractivity contribution in [2.24, 2.45) is 0 Å². The summed E-state index contributed by atoms with van der Waals surface area (Å²) in [6, 6.07) is 0. The van der Waals surface area contributed by atoms with Crippen molar-refractivity contribution in [3.63, 3.8) is 0 Å². The van der Waals surface area contributed by atoms with Crippen molar-refractivity contribution in [3.05, 3.63) is 122 Å². The Bertz CT molecular complexity index is 1520.